The average Bonchev–Trinajstić information content (AvgIpc) is 3.48. The molecule has 0 aromatic heterocycles. The molecule has 1 aliphatic heterocycles. The third-order valence-corrected chi connectivity index (χ3v) is 5.95. The first-order chi connectivity index (χ1) is 13.2. The van der Waals surface area contributed by atoms with Crippen LogP contribution in [0, 0.1) is 0 Å². The van der Waals surface area contributed by atoms with Crippen molar-refractivity contribution in [3.63, 3.8) is 0 Å². The summed E-state index contributed by atoms with van der Waals surface area (Å²) in [6, 6.07) is 8.30. The van der Waals surface area contributed by atoms with Crippen LogP contribution in [0.4, 0.5) is 0 Å². The van der Waals surface area contributed by atoms with Gasteiger partial charge in [0.15, 0.2) is 5.96 Å². The molecule has 0 amide bonds. The quantitative estimate of drug-likeness (QED) is 0.417. The highest BCUT2D eigenvalue weighted by molar-refractivity contribution is 6.30. The lowest BCUT2D eigenvalue weighted by molar-refractivity contribution is 0.00989. The monoisotopic (exact) mass is 393 g/mol. The van der Waals surface area contributed by atoms with Gasteiger partial charge >= 0.3 is 0 Å². The lowest BCUT2D eigenvalue weighted by atomic mass is 9.96. The summed E-state index contributed by atoms with van der Waals surface area (Å²) in [6.45, 7) is 4.46. The first kappa shape index (κ1) is 20.4. The van der Waals surface area contributed by atoms with Gasteiger partial charge in [-0.2, -0.15) is 0 Å². The third kappa shape index (κ3) is 5.59. The Morgan fingerprint density at radius 2 is 1.93 bits per heavy atom. The maximum atomic E-state index is 6.03. The van der Waals surface area contributed by atoms with Gasteiger partial charge in [-0.1, -0.05) is 23.7 Å². The van der Waals surface area contributed by atoms with Crippen molar-refractivity contribution in [1.29, 1.82) is 0 Å². The molecule has 5 nitrogen and oxygen atoms in total. The molecule has 3 rings (SSSR count). The van der Waals surface area contributed by atoms with Crippen molar-refractivity contribution in [2.24, 2.45) is 4.99 Å². The van der Waals surface area contributed by atoms with E-state index in [9.17, 15) is 0 Å². The average molecular weight is 394 g/mol. The Morgan fingerprint density at radius 3 is 2.52 bits per heavy atom. The van der Waals surface area contributed by atoms with E-state index in [1.54, 1.807) is 7.11 Å². The Kier molecular flexibility index (Phi) is 7.39. The molecule has 0 radical (unpaired) electrons. The number of aliphatic imine (C=N–C) groups is 1. The van der Waals surface area contributed by atoms with Crippen molar-refractivity contribution in [3.05, 3.63) is 34.9 Å². The molecule has 0 unspecified atom stereocenters. The van der Waals surface area contributed by atoms with Crippen LogP contribution >= 0.6 is 11.6 Å². The molecule has 1 aliphatic carbocycles. The SMILES string of the molecule is CN=C(NCC1(c2ccc(Cl)cc2)CC1)N1CCC(OCCCOC)CC1. The highest BCUT2D eigenvalue weighted by Gasteiger charge is 2.44. The number of ether oxygens (including phenoxy) is 2. The van der Waals surface area contributed by atoms with Crippen molar-refractivity contribution < 1.29 is 9.47 Å². The molecule has 27 heavy (non-hydrogen) atoms. The summed E-state index contributed by atoms with van der Waals surface area (Å²) in [5.41, 5.74) is 1.61. The second-order valence-electron chi connectivity index (χ2n) is 7.59. The lowest BCUT2D eigenvalue weighted by Gasteiger charge is -2.34. The Hall–Kier alpha value is -1.30. The third-order valence-electron chi connectivity index (χ3n) is 5.69. The molecule has 2 fully saturated rings. The Morgan fingerprint density at radius 1 is 1.22 bits per heavy atom. The Balaban J connectivity index is 1.44. The molecule has 0 atom stereocenters. The number of methoxy groups -OCH3 is 1. The summed E-state index contributed by atoms with van der Waals surface area (Å²) in [5.74, 6) is 1.01. The molecule has 1 aromatic rings. The van der Waals surface area contributed by atoms with Crippen LogP contribution < -0.4 is 5.32 Å². The van der Waals surface area contributed by atoms with Crippen molar-refractivity contribution in [3.8, 4) is 0 Å². The summed E-state index contributed by atoms with van der Waals surface area (Å²) in [6.07, 6.45) is 5.87. The topological polar surface area (TPSA) is 46.1 Å². The van der Waals surface area contributed by atoms with E-state index < -0.39 is 0 Å². The first-order valence-corrected chi connectivity index (χ1v) is 10.4. The summed E-state index contributed by atoms with van der Waals surface area (Å²) in [7, 11) is 3.60. The van der Waals surface area contributed by atoms with E-state index in [4.69, 9.17) is 21.1 Å². The molecule has 1 saturated carbocycles. The van der Waals surface area contributed by atoms with Gasteiger partial charge in [-0.05, 0) is 49.8 Å². The normalized spacial score (nSPS) is 20.0. The second-order valence-corrected chi connectivity index (χ2v) is 8.03. The zero-order chi connectivity index (χ0) is 19.1. The van der Waals surface area contributed by atoms with Crippen LogP contribution in [0.1, 0.15) is 37.7 Å². The summed E-state index contributed by atoms with van der Waals surface area (Å²) in [4.78, 5) is 6.87. The van der Waals surface area contributed by atoms with E-state index in [2.05, 4.69) is 27.3 Å². The minimum absolute atomic E-state index is 0.239. The minimum atomic E-state index is 0.239. The summed E-state index contributed by atoms with van der Waals surface area (Å²) < 4.78 is 11.0. The predicted molar refractivity (Wildman–Crippen MR) is 111 cm³/mol. The molecule has 1 saturated heterocycles. The van der Waals surface area contributed by atoms with Crippen molar-refractivity contribution >= 4 is 17.6 Å². The molecule has 2 aliphatic rings. The fraction of sp³-hybridized carbons (Fsp3) is 0.667. The molecule has 6 heteroatoms. The number of guanidine groups is 1. The van der Waals surface area contributed by atoms with Gasteiger partial charge in [0.2, 0.25) is 0 Å². The van der Waals surface area contributed by atoms with Gasteiger partial charge < -0.3 is 19.7 Å². The lowest BCUT2D eigenvalue weighted by Crippen LogP contribution is -2.48. The number of nitrogens with zero attached hydrogens (tertiary/aromatic N) is 2. The van der Waals surface area contributed by atoms with Crippen molar-refractivity contribution in [2.45, 2.75) is 43.6 Å². The molecule has 1 heterocycles. The van der Waals surface area contributed by atoms with E-state index in [1.165, 1.54) is 18.4 Å². The zero-order valence-electron chi connectivity index (χ0n) is 16.5. The summed E-state index contributed by atoms with van der Waals surface area (Å²) >= 11 is 6.03. The summed E-state index contributed by atoms with van der Waals surface area (Å²) in [5, 5.41) is 4.41. The molecular weight excluding hydrogens is 362 g/mol. The van der Waals surface area contributed by atoms with Crippen LogP contribution in [0.3, 0.4) is 0 Å². The minimum Gasteiger partial charge on any atom is -0.385 e. The Bertz CT molecular complexity index is 608. The van der Waals surface area contributed by atoms with Gasteiger partial charge in [-0.25, -0.2) is 0 Å². The van der Waals surface area contributed by atoms with Crippen LogP contribution in [-0.2, 0) is 14.9 Å². The number of rotatable bonds is 8. The van der Waals surface area contributed by atoms with Gasteiger partial charge in [0.25, 0.3) is 0 Å². The molecule has 1 aromatic carbocycles. The van der Waals surface area contributed by atoms with Gasteiger partial charge in [0.05, 0.1) is 6.10 Å². The molecular formula is C21H32ClN3O2. The number of nitrogens with one attached hydrogen (secondary N) is 1. The molecule has 0 spiro atoms. The van der Waals surface area contributed by atoms with Crippen LogP contribution in [0.5, 0.6) is 0 Å². The zero-order valence-corrected chi connectivity index (χ0v) is 17.3. The van der Waals surface area contributed by atoms with Crippen molar-refractivity contribution in [1.82, 2.24) is 10.2 Å². The Labute approximate surface area is 168 Å². The van der Waals surface area contributed by atoms with Crippen LogP contribution in [0.15, 0.2) is 29.3 Å². The number of benzene rings is 1. The van der Waals surface area contributed by atoms with Gasteiger partial charge in [0.1, 0.15) is 0 Å². The van der Waals surface area contributed by atoms with E-state index in [0.717, 1.165) is 63.1 Å². The highest BCUT2D eigenvalue weighted by atomic mass is 35.5. The number of piperidine rings is 1. The maximum absolute atomic E-state index is 6.03. The first-order valence-electron chi connectivity index (χ1n) is 9.99. The van der Waals surface area contributed by atoms with Gasteiger partial charge in [-0.3, -0.25) is 4.99 Å². The van der Waals surface area contributed by atoms with Crippen LogP contribution in [-0.4, -0.2) is 64.0 Å². The van der Waals surface area contributed by atoms with E-state index in [0.29, 0.717) is 6.10 Å². The number of halogens is 1. The van der Waals surface area contributed by atoms with Gasteiger partial charge in [0, 0.05) is 57.4 Å². The largest absolute Gasteiger partial charge is 0.385 e. The number of likely N-dealkylation sites (tertiary alicyclic amines) is 1. The molecule has 150 valence electrons. The highest BCUT2D eigenvalue weighted by Crippen LogP contribution is 2.47. The maximum Gasteiger partial charge on any atom is 0.193 e. The van der Waals surface area contributed by atoms with Crippen LogP contribution in [0.25, 0.3) is 0 Å². The van der Waals surface area contributed by atoms with E-state index >= 15 is 0 Å². The van der Waals surface area contributed by atoms with E-state index in [-0.39, 0.29) is 5.41 Å². The molecule has 1 N–H and O–H groups in total. The number of hydrogen-bond acceptors (Lipinski definition) is 3. The molecule has 0 bridgehead atoms. The number of hydrogen-bond donors (Lipinski definition) is 1. The fourth-order valence-corrected chi connectivity index (χ4v) is 3.92. The second kappa shape index (κ2) is 9.76. The van der Waals surface area contributed by atoms with Gasteiger partial charge in [-0.15, -0.1) is 0 Å². The van der Waals surface area contributed by atoms with Crippen LogP contribution in [0.2, 0.25) is 5.02 Å². The smallest absolute Gasteiger partial charge is 0.193 e. The standard InChI is InChI=1S/C21H32ClN3O2/c1-23-20(25-12-8-19(9-13-25)27-15-3-14-26-2)24-16-21(10-11-21)17-4-6-18(22)7-5-17/h4-7,19H,3,8-16H2,1-2H3,(H,23,24). The predicted octanol–water partition coefficient (Wildman–Crippen LogP) is 3.46. The van der Waals surface area contributed by atoms with E-state index in [1.807, 2.05) is 19.2 Å². The fourth-order valence-electron chi connectivity index (χ4n) is 3.79. The van der Waals surface area contributed by atoms with Crippen molar-refractivity contribution in [2.75, 3.05) is 47.0 Å².